The average Bonchev–Trinajstić information content (AvgIpc) is 2.51. The number of halogens is 2. The minimum Gasteiger partial charge on any atom is -0.497 e. The summed E-state index contributed by atoms with van der Waals surface area (Å²) in [6.45, 7) is 0. The van der Waals surface area contributed by atoms with E-state index in [-0.39, 0.29) is 5.91 Å². The van der Waals surface area contributed by atoms with E-state index in [9.17, 15) is 4.79 Å². The number of hydrogen-bond donors (Lipinski definition) is 1. The van der Waals surface area contributed by atoms with Crippen molar-refractivity contribution < 1.29 is 9.53 Å². The predicted octanol–water partition coefficient (Wildman–Crippen LogP) is 3.77. The lowest BCUT2D eigenvalue weighted by atomic mass is 10.2. The first-order valence-electron chi connectivity index (χ1n) is 6.02. The molecule has 2 aromatic rings. The Kier molecular flexibility index (Phi) is 5.20. The molecule has 2 aromatic carbocycles. The summed E-state index contributed by atoms with van der Waals surface area (Å²) in [5, 5.41) is 4.77. The molecule has 0 aliphatic heterocycles. The number of nitrogens with one attached hydrogen (secondary N) is 1. The Morgan fingerprint density at radius 2 is 1.86 bits per heavy atom. The van der Waals surface area contributed by atoms with Gasteiger partial charge in [0, 0.05) is 5.56 Å². The Morgan fingerprint density at radius 3 is 2.48 bits per heavy atom. The minimum absolute atomic E-state index is 0.311. The highest BCUT2D eigenvalue weighted by molar-refractivity contribution is 6.42. The van der Waals surface area contributed by atoms with Gasteiger partial charge < -0.3 is 4.74 Å². The summed E-state index contributed by atoms with van der Waals surface area (Å²) < 4.78 is 5.02. The second kappa shape index (κ2) is 7.11. The van der Waals surface area contributed by atoms with Crippen LogP contribution in [0.25, 0.3) is 0 Å². The molecule has 0 fully saturated rings. The third kappa shape index (κ3) is 4.21. The molecular formula is C15H12Cl2N2O2. The van der Waals surface area contributed by atoms with Crippen LogP contribution in [0.2, 0.25) is 10.0 Å². The van der Waals surface area contributed by atoms with Gasteiger partial charge in [-0.25, -0.2) is 5.43 Å². The Balaban J connectivity index is 1.99. The van der Waals surface area contributed by atoms with Gasteiger partial charge in [0.1, 0.15) is 5.75 Å². The molecule has 4 nitrogen and oxygen atoms in total. The van der Waals surface area contributed by atoms with Gasteiger partial charge in [0.15, 0.2) is 0 Å². The second-order valence-corrected chi connectivity index (χ2v) is 4.92. The van der Waals surface area contributed by atoms with Crippen molar-refractivity contribution in [2.75, 3.05) is 7.11 Å². The highest BCUT2D eigenvalue weighted by Gasteiger charge is 2.04. The molecule has 0 aromatic heterocycles. The fourth-order valence-electron chi connectivity index (χ4n) is 1.57. The van der Waals surface area contributed by atoms with Gasteiger partial charge in [-0.2, -0.15) is 5.10 Å². The molecule has 0 aliphatic rings. The van der Waals surface area contributed by atoms with Crippen LogP contribution in [0.1, 0.15) is 15.9 Å². The number of ether oxygens (including phenoxy) is 1. The Morgan fingerprint density at radius 1 is 1.14 bits per heavy atom. The van der Waals surface area contributed by atoms with E-state index in [1.54, 1.807) is 49.6 Å². The predicted molar refractivity (Wildman–Crippen MR) is 84.5 cm³/mol. The first kappa shape index (κ1) is 15.4. The zero-order valence-electron chi connectivity index (χ0n) is 11.1. The highest BCUT2D eigenvalue weighted by Crippen LogP contribution is 2.21. The second-order valence-electron chi connectivity index (χ2n) is 4.10. The summed E-state index contributed by atoms with van der Waals surface area (Å²) >= 11 is 11.7. The van der Waals surface area contributed by atoms with Gasteiger partial charge in [0.05, 0.1) is 23.4 Å². The number of hydrogen-bond acceptors (Lipinski definition) is 3. The third-order valence-corrected chi connectivity index (χ3v) is 3.41. The maximum atomic E-state index is 11.8. The van der Waals surface area contributed by atoms with Gasteiger partial charge >= 0.3 is 0 Å². The van der Waals surface area contributed by atoms with Crippen LogP contribution in [0, 0.1) is 0 Å². The molecule has 0 bridgehead atoms. The van der Waals surface area contributed by atoms with Gasteiger partial charge in [0.25, 0.3) is 5.91 Å². The molecule has 0 spiro atoms. The lowest BCUT2D eigenvalue weighted by molar-refractivity contribution is 0.0955. The molecule has 0 aliphatic carbocycles. The van der Waals surface area contributed by atoms with Crippen molar-refractivity contribution in [2.45, 2.75) is 0 Å². The summed E-state index contributed by atoms with van der Waals surface area (Å²) in [4.78, 5) is 11.8. The minimum atomic E-state index is -0.311. The standard InChI is InChI=1S/C15H12Cl2N2O2/c1-21-12-5-3-11(4-6-12)15(20)19-18-9-10-2-7-13(16)14(17)8-10/h2-9H,1H3,(H,19,20)/b18-9-. The van der Waals surface area contributed by atoms with E-state index in [0.29, 0.717) is 21.4 Å². The van der Waals surface area contributed by atoms with Crippen molar-refractivity contribution in [3.8, 4) is 5.75 Å². The smallest absolute Gasteiger partial charge is 0.271 e. The zero-order chi connectivity index (χ0) is 15.2. The van der Waals surface area contributed by atoms with E-state index in [2.05, 4.69) is 10.5 Å². The number of nitrogens with zero attached hydrogens (tertiary/aromatic N) is 1. The number of benzene rings is 2. The van der Waals surface area contributed by atoms with Crippen LogP contribution < -0.4 is 10.2 Å². The van der Waals surface area contributed by atoms with E-state index in [1.807, 2.05) is 0 Å². The number of carbonyl (C=O) groups is 1. The average molecular weight is 323 g/mol. The lowest BCUT2D eigenvalue weighted by Gasteiger charge is -2.02. The first-order valence-corrected chi connectivity index (χ1v) is 6.78. The van der Waals surface area contributed by atoms with Crippen molar-refractivity contribution >= 4 is 35.3 Å². The van der Waals surface area contributed by atoms with Crippen LogP contribution in [-0.2, 0) is 0 Å². The summed E-state index contributed by atoms with van der Waals surface area (Å²) in [7, 11) is 1.57. The molecule has 0 radical (unpaired) electrons. The highest BCUT2D eigenvalue weighted by atomic mass is 35.5. The monoisotopic (exact) mass is 322 g/mol. The molecular weight excluding hydrogens is 311 g/mol. The molecule has 0 saturated carbocycles. The molecule has 21 heavy (non-hydrogen) atoms. The van der Waals surface area contributed by atoms with E-state index >= 15 is 0 Å². The Hall–Kier alpha value is -2.04. The summed E-state index contributed by atoms with van der Waals surface area (Å²) in [5.74, 6) is 0.375. The van der Waals surface area contributed by atoms with Crippen LogP contribution in [0.15, 0.2) is 47.6 Å². The van der Waals surface area contributed by atoms with Crippen LogP contribution in [-0.4, -0.2) is 19.2 Å². The number of carbonyl (C=O) groups excluding carboxylic acids is 1. The number of rotatable bonds is 4. The zero-order valence-corrected chi connectivity index (χ0v) is 12.7. The molecule has 6 heteroatoms. The van der Waals surface area contributed by atoms with Crippen LogP contribution in [0.3, 0.4) is 0 Å². The first-order chi connectivity index (χ1) is 10.1. The van der Waals surface area contributed by atoms with E-state index in [1.165, 1.54) is 6.21 Å². The summed E-state index contributed by atoms with van der Waals surface area (Å²) in [6, 6.07) is 11.8. The maximum absolute atomic E-state index is 11.8. The van der Waals surface area contributed by atoms with E-state index in [4.69, 9.17) is 27.9 Å². The van der Waals surface area contributed by atoms with Crippen molar-refractivity contribution in [3.63, 3.8) is 0 Å². The molecule has 0 saturated heterocycles. The number of amides is 1. The Bertz CT molecular complexity index is 670. The van der Waals surface area contributed by atoms with Gasteiger partial charge in [-0.05, 0) is 42.0 Å². The van der Waals surface area contributed by atoms with Crippen LogP contribution >= 0.6 is 23.2 Å². The van der Waals surface area contributed by atoms with Crippen molar-refractivity contribution in [3.05, 3.63) is 63.6 Å². The van der Waals surface area contributed by atoms with E-state index in [0.717, 1.165) is 5.56 Å². The SMILES string of the molecule is COc1ccc(C(=O)N/N=C\c2ccc(Cl)c(Cl)c2)cc1. The van der Waals surface area contributed by atoms with Gasteiger partial charge in [-0.1, -0.05) is 29.3 Å². The molecule has 0 atom stereocenters. The lowest BCUT2D eigenvalue weighted by Crippen LogP contribution is -2.17. The van der Waals surface area contributed by atoms with Gasteiger partial charge in [-0.3, -0.25) is 4.79 Å². The molecule has 1 N–H and O–H groups in total. The third-order valence-electron chi connectivity index (χ3n) is 2.68. The summed E-state index contributed by atoms with van der Waals surface area (Å²) in [5.41, 5.74) is 3.66. The Labute approximate surface area is 132 Å². The topological polar surface area (TPSA) is 50.7 Å². The summed E-state index contributed by atoms with van der Waals surface area (Å²) in [6.07, 6.45) is 1.49. The van der Waals surface area contributed by atoms with Crippen LogP contribution in [0.4, 0.5) is 0 Å². The molecule has 1 amide bonds. The number of hydrazone groups is 1. The maximum Gasteiger partial charge on any atom is 0.271 e. The molecule has 108 valence electrons. The molecule has 2 rings (SSSR count). The van der Waals surface area contributed by atoms with Gasteiger partial charge in [-0.15, -0.1) is 0 Å². The van der Waals surface area contributed by atoms with Crippen molar-refractivity contribution in [1.29, 1.82) is 0 Å². The van der Waals surface area contributed by atoms with E-state index < -0.39 is 0 Å². The quantitative estimate of drug-likeness (QED) is 0.688. The number of methoxy groups -OCH3 is 1. The van der Waals surface area contributed by atoms with Crippen molar-refractivity contribution in [1.82, 2.24) is 5.43 Å². The van der Waals surface area contributed by atoms with Gasteiger partial charge in [0.2, 0.25) is 0 Å². The fraction of sp³-hybridized carbons (Fsp3) is 0.0667. The normalized spacial score (nSPS) is 10.6. The van der Waals surface area contributed by atoms with Crippen molar-refractivity contribution in [2.24, 2.45) is 5.10 Å². The fourth-order valence-corrected chi connectivity index (χ4v) is 1.87. The largest absolute Gasteiger partial charge is 0.497 e. The van der Waals surface area contributed by atoms with Crippen LogP contribution in [0.5, 0.6) is 5.75 Å². The molecule has 0 heterocycles. The molecule has 0 unspecified atom stereocenters.